The normalized spacial score (nSPS) is 24.3. The quantitative estimate of drug-likeness (QED) is 0.903. The van der Waals surface area contributed by atoms with E-state index in [1.54, 1.807) is 0 Å². The molecule has 0 aromatic heterocycles. The Bertz CT molecular complexity index is 405. The van der Waals surface area contributed by atoms with Gasteiger partial charge in [-0.05, 0) is 44.2 Å². The summed E-state index contributed by atoms with van der Waals surface area (Å²) in [6.45, 7) is 9.01. The van der Waals surface area contributed by atoms with Crippen LogP contribution in [0.4, 0.5) is 5.69 Å². The lowest BCUT2D eigenvalue weighted by atomic mass is 10.1. The first kappa shape index (κ1) is 13.8. The van der Waals surface area contributed by atoms with E-state index in [9.17, 15) is 0 Å². The van der Waals surface area contributed by atoms with Gasteiger partial charge in [-0.25, -0.2) is 0 Å². The summed E-state index contributed by atoms with van der Waals surface area (Å²) in [5.41, 5.74) is 4.17. The average Bonchev–Trinajstić information content (AvgIpc) is 2.35. The van der Waals surface area contributed by atoms with Crippen LogP contribution >= 0.6 is 11.8 Å². The lowest BCUT2D eigenvalue weighted by molar-refractivity contribution is 0.627. The van der Waals surface area contributed by atoms with Gasteiger partial charge in [0.15, 0.2) is 0 Å². The van der Waals surface area contributed by atoms with Crippen LogP contribution in [0.5, 0.6) is 0 Å². The van der Waals surface area contributed by atoms with Gasteiger partial charge >= 0.3 is 0 Å². The third kappa shape index (κ3) is 2.83. The molecule has 2 unspecified atom stereocenters. The number of thioether (sulfide) groups is 1. The first-order valence-electron chi connectivity index (χ1n) is 6.76. The molecule has 0 spiro atoms. The molecule has 1 N–H and O–H groups in total. The van der Waals surface area contributed by atoms with Crippen molar-refractivity contribution < 1.29 is 0 Å². The fourth-order valence-corrected chi connectivity index (χ4v) is 3.64. The van der Waals surface area contributed by atoms with Gasteiger partial charge in [-0.3, -0.25) is 0 Å². The number of anilines is 1. The van der Waals surface area contributed by atoms with Crippen molar-refractivity contribution in [3.05, 3.63) is 29.3 Å². The van der Waals surface area contributed by atoms with Crippen LogP contribution in [-0.2, 0) is 6.54 Å². The minimum atomic E-state index is 0.623. The Morgan fingerprint density at radius 1 is 1.39 bits per heavy atom. The van der Waals surface area contributed by atoms with Gasteiger partial charge in [-0.1, -0.05) is 13.0 Å². The van der Waals surface area contributed by atoms with E-state index in [4.69, 9.17) is 0 Å². The fraction of sp³-hybridized carbons (Fsp3) is 0.600. The Kier molecular flexibility index (Phi) is 4.57. The Hall–Kier alpha value is -0.670. The van der Waals surface area contributed by atoms with Crippen molar-refractivity contribution in [2.45, 2.75) is 38.6 Å². The average molecular weight is 264 g/mol. The van der Waals surface area contributed by atoms with E-state index < -0.39 is 0 Å². The predicted molar refractivity (Wildman–Crippen MR) is 82.7 cm³/mol. The fourth-order valence-electron chi connectivity index (χ4n) is 2.54. The summed E-state index contributed by atoms with van der Waals surface area (Å²) in [6.07, 6.45) is 0. The maximum atomic E-state index is 3.22. The molecule has 0 amide bonds. The zero-order valence-electron chi connectivity index (χ0n) is 11.9. The molecule has 100 valence electrons. The van der Waals surface area contributed by atoms with Gasteiger partial charge in [0.1, 0.15) is 0 Å². The van der Waals surface area contributed by atoms with Crippen LogP contribution in [0.1, 0.15) is 25.0 Å². The number of aryl methyl sites for hydroxylation is 1. The molecule has 2 rings (SSSR count). The molecule has 0 radical (unpaired) electrons. The monoisotopic (exact) mass is 264 g/mol. The van der Waals surface area contributed by atoms with Crippen LogP contribution in [0.15, 0.2) is 18.2 Å². The zero-order chi connectivity index (χ0) is 13.1. The van der Waals surface area contributed by atoms with Crippen molar-refractivity contribution >= 4 is 17.4 Å². The van der Waals surface area contributed by atoms with Crippen molar-refractivity contribution in [2.24, 2.45) is 0 Å². The highest BCUT2D eigenvalue weighted by molar-refractivity contribution is 8.00. The van der Waals surface area contributed by atoms with Crippen LogP contribution < -0.4 is 10.2 Å². The Labute approximate surface area is 115 Å². The number of hydrogen-bond acceptors (Lipinski definition) is 3. The lowest BCUT2D eigenvalue weighted by Gasteiger charge is -2.39. The molecular weight excluding hydrogens is 240 g/mol. The van der Waals surface area contributed by atoms with Gasteiger partial charge in [-0.2, -0.15) is 11.8 Å². The van der Waals surface area contributed by atoms with E-state index >= 15 is 0 Å². The van der Waals surface area contributed by atoms with Crippen molar-refractivity contribution in [3.8, 4) is 0 Å². The number of nitrogens with one attached hydrogen (secondary N) is 1. The molecule has 1 aliphatic rings. The smallest absolute Gasteiger partial charge is 0.0378 e. The van der Waals surface area contributed by atoms with Crippen molar-refractivity contribution in [1.82, 2.24) is 5.32 Å². The van der Waals surface area contributed by atoms with Gasteiger partial charge in [0.2, 0.25) is 0 Å². The summed E-state index contributed by atoms with van der Waals surface area (Å²) in [5, 5.41) is 3.94. The predicted octanol–water partition coefficient (Wildman–Crippen LogP) is 3.04. The molecule has 18 heavy (non-hydrogen) atoms. The topological polar surface area (TPSA) is 15.3 Å². The lowest BCUT2D eigenvalue weighted by Crippen LogP contribution is -2.44. The first-order chi connectivity index (χ1) is 8.63. The third-order valence-electron chi connectivity index (χ3n) is 3.91. The van der Waals surface area contributed by atoms with Crippen LogP contribution in [0.25, 0.3) is 0 Å². The van der Waals surface area contributed by atoms with Crippen molar-refractivity contribution in [2.75, 3.05) is 24.2 Å². The van der Waals surface area contributed by atoms with E-state index in [1.807, 2.05) is 7.05 Å². The molecule has 1 aromatic carbocycles. The summed E-state index contributed by atoms with van der Waals surface area (Å²) in [6, 6.07) is 7.50. The van der Waals surface area contributed by atoms with E-state index in [-0.39, 0.29) is 0 Å². The molecular formula is C15H24N2S. The second kappa shape index (κ2) is 5.98. The zero-order valence-corrected chi connectivity index (χ0v) is 12.7. The highest BCUT2D eigenvalue weighted by atomic mass is 32.2. The van der Waals surface area contributed by atoms with Crippen LogP contribution in [0.3, 0.4) is 0 Å². The highest BCUT2D eigenvalue weighted by Crippen LogP contribution is 2.30. The number of nitrogens with zero attached hydrogens (tertiary/aromatic N) is 1. The SMILES string of the molecule is CNCc1ccc(N2CCSC(C)C2C)cc1C. The summed E-state index contributed by atoms with van der Waals surface area (Å²) >= 11 is 2.09. The summed E-state index contributed by atoms with van der Waals surface area (Å²) < 4.78 is 0. The van der Waals surface area contributed by atoms with Gasteiger partial charge in [0.05, 0.1) is 0 Å². The minimum absolute atomic E-state index is 0.623. The largest absolute Gasteiger partial charge is 0.367 e. The van der Waals surface area contributed by atoms with E-state index in [2.05, 4.69) is 60.9 Å². The number of rotatable bonds is 3. The Balaban J connectivity index is 2.20. The summed E-state index contributed by atoms with van der Waals surface area (Å²) in [5.74, 6) is 1.24. The maximum absolute atomic E-state index is 3.22. The van der Waals surface area contributed by atoms with Gasteiger partial charge in [0, 0.05) is 35.8 Å². The molecule has 3 heteroatoms. The highest BCUT2D eigenvalue weighted by Gasteiger charge is 2.25. The molecule has 1 heterocycles. The summed E-state index contributed by atoms with van der Waals surface area (Å²) in [4.78, 5) is 2.55. The molecule has 1 fully saturated rings. The molecule has 0 aliphatic carbocycles. The van der Waals surface area contributed by atoms with E-state index in [0.29, 0.717) is 6.04 Å². The van der Waals surface area contributed by atoms with Crippen LogP contribution in [-0.4, -0.2) is 30.6 Å². The second-order valence-corrected chi connectivity index (χ2v) is 6.64. The van der Waals surface area contributed by atoms with E-state index in [0.717, 1.165) is 11.8 Å². The molecule has 1 aliphatic heterocycles. The Morgan fingerprint density at radius 3 is 2.83 bits per heavy atom. The number of benzene rings is 1. The molecule has 0 bridgehead atoms. The Morgan fingerprint density at radius 2 is 2.17 bits per heavy atom. The molecule has 1 aromatic rings. The number of hydrogen-bond donors (Lipinski definition) is 1. The third-order valence-corrected chi connectivity index (χ3v) is 5.25. The van der Waals surface area contributed by atoms with Gasteiger partial charge in [0.25, 0.3) is 0 Å². The minimum Gasteiger partial charge on any atom is -0.367 e. The molecule has 2 nitrogen and oxygen atoms in total. The maximum Gasteiger partial charge on any atom is 0.0378 e. The van der Waals surface area contributed by atoms with E-state index in [1.165, 1.54) is 29.1 Å². The van der Waals surface area contributed by atoms with Gasteiger partial charge in [-0.15, -0.1) is 0 Å². The second-order valence-electron chi connectivity index (χ2n) is 5.15. The summed E-state index contributed by atoms with van der Waals surface area (Å²) in [7, 11) is 2.00. The van der Waals surface area contributed by atoms with Crippen molar-refractivity contribution in [3.63, 3.8) is 0 Å². The van der Waals surface area contributed by atoms with Gasteiger partial charge < -0.3 is 10.2 Å². The first-order valence-corrected chi connectivity index (χ1v) is 7.80. The van der Waals surface area contributed by atoms with Crippen LogP contribution in [0.2, 0.25) is 0 Å². The van der Waals surface area contributed by atoms with Crippen molar-refractivity contribution in [1.29, 1.82) is 0 Å². The molecule has 2 atom stereocenters. The molecule has 1 saturated heterocycles. The molecule has 0 saturated carbocycles. The standard InChI is InChI=1S/C15H24N2S/c1-11-9-15(6-5-14(11)10-16-4)17-7-8-18-13(3)12(17)2/h5-6,9,12-13,16H,7-8,10H2,1-4H3. The van der Waals surface area contributed by atoms with Crippen LogP contribution in [0, 0.1) is 6.92 Å².